The van der Waals surface area contributed by atoms with Gasteiger partial charge < -0.3 is 9.47 Å². The molecule has 0 atom stereocenters. The Bertz CT molecular complexity index is 1240. The number of thioether (sulfide) groups is 1. The van der Waals surface area contributed by atoms with E-state index in [1.54, 1.807) is 11.4 Å². The molecule has 170 valence electrons. The number of Topliss-reactive ketones (excluding diaryl/α,β-unsaturated/α-hetero) is 1. The van der Waals surface area contributed by atoms with Crippen molar-refractivity contribution in [3.63, 3.8) is 0 Å². The van der Waals surface area contributed by atoms with Gasteiger partial charge in [-0.2, -0.15) is 18.4 Å². The lowest BCUT2D eigenvalue weighted by Crippen LogP contribution is -2.17. The molecule has 3 rings (SSSR count). The van der Waals surface area contributed by atoms with Gasteiger partial charge in [0.25, 0.3) is 0 Å². The quantitative estimate of drug-likeness (QED) is 0.313. The van der Waals surface area contributed by atoms with Crippen molar-refractivity contribution in [3.05, 3.63) is 69.0 Å². The summed E-state index contributed by atoms with van der Waals surface area (Å²) < 4.78 is 51.3. The summed E-state index contributed by atoms with van der Waals surface area (Å²) in [5.41, 5.74) is -2.09. The molecule has 0 aliphatic rings. The lowest BCUT2D eigenvalue weighted by molar-refractivity contribution is -0.141. The lowest BCUT2D eigenvalue weighted by Gasteiger charge is -2.14. The largest absolute Gasteiger partial charge is 0.493 e. The van der Waals surface area contributed by atoms with Crippen LogP contribution in [0.1, 0.15) is 36.9 Å². The number of benzene rings is 1. The minimum atomic E-state index is -4.93. The molecule has 0 unspecified atom stereocenters. The second-order valence-corrected chi connectivity index (χ2v) is 8.35. The third-order valence-electron chi connectivity index (χ3n) is 4.41. The highest BCUT2D eigenvalue weighted by atomic mass is 32.2. The van der Waals surface area contributed by atoms with Gasteiger partial charge in [0.05, 0.1) is 36.0 Å². The summed E-state index contributed by atoms with van der Waals surface area (Å²) in [4.78, 5) is 28.9. The number of methoxy groups -OCH3 is 2. The normalized spacial score (nSPS) is 11.0. The maximum Gasteiger partial charge on any atom is 0.434 e. The first-order valence-electron chi connectivity index (χ1n) is 9.18. The number of rotatable bonds is 8. The van der Waals surface area contributed by atoms with E-state index in [1.807, 2.05) is 0 Å². The van der Waals surface area contributed by atoms with Crippen LogP contribution in [0, 0.1) is 11.3 Å². The number of thiophene rings is 1. The van der Waals surface area contributed by atoms with Crippen molar-refractivity contribution in [3.8, 4) is 17.6 Å². The van der Waals surface area contributed by atoms with Crippen LogP contribution in [-0.4, -0.2) is 36.5 Å². The van der Waals surface area contributed by atoms with E-state index >= 15 is 0 Å². The van der Waals surface area contributed by atoms with Crippen LogP contribution in [0.2, 0.25) is 0 Å². The number of aromatic nitrogens is 1. The Labute approximate surface area is 195 Å². The number of ketones is 2. The third-order valence-corrected chi connectivity index (χ3v) is 6.27. The molecule has 11 heteroatoms. The predicted molar refractivity (Wildman–Crippen MR) is 116 cm³/mol. The Kier molecular flexibility index (Phi) is 7.40. The van der Waals surface area contributed by atoms with Crippen LogP contribution >= 0.6 is 23.1 Å². The van der Waals surface area contributed by atoms with Crippen molar-refractivity contribution in [2.45, 2.75) is 11.2 Å². The van der Waals surface area contributed by atoms with Gasteiger partial charge in [-0.3, -0.25) is 9.59 Å². The van der Waals surface area contributed by atoms with Crippen LogP contribution in [0.15, 0.2) is 46.8 Å². The van der Waals surface area contributed by atoms with Crippen LogP contribution in [0.4, 0.5) is 13.2 Å². The summed E-state index contributed by atoms with van der Waals surface area (Å²) in [6.45, 7) is 0. The number of hydrogen-bond acceptors (Lipinski definition) is 8. The number of pyridine rings is 1. The van der Waals surface area contributed by atoms with Gasteiger partial charge in [0.15, 0.2) is 23.0 Å². The number of carbonyl (C=O) groups excluding carboxylic acids is 2. The van der Waals surface area contributed by atoms with E-state index in [0.717, 1.165) is 17.4 Å². The summed E-state index contributed by atoms with van der Waals surface area (Å²) >= 11 is 1.67. The van der Waals surface area contributed by atoms with Gasteiger partial charge in [-0.25, -0.2) is 4.98 Å². The van der Waals surface area contributed by atoms with Crippen LogP contribution in [0.5, 0.6) is 11.5 Å². The standard InChI is InChI=1S/C22H15F3N2O4S2/c1-30-16-6-5-12(9-17(16)31-2)15(28)11-33-21-13(10-26)8-14(20(27-21)22(23,24)25)19(29)18-4-3-7-32-18/h3-9H,11H2,1-2H3. The van der Waals surface area contributed by atoms with Crippen molar-refractivity contribution in [1.82, 2.24) is 4.98 Å². The smallest absolute Gasteiger partial charge is 0.434 e. The van der Waals surface area contributed by atoms with E-state index in [1.165, 1.54) is 44.6 Å². The van der Waals surface area contributed by atoms with Gasteiger partial charge in [-0.05, 0) is 35.7 Å². The van der Waals surface area contributed by atoms with Crippen LogP contribution < -0.4 is 9.47 Å². The van der Waals surface area contributed by atoms with Crippen LogP contribution in [0.3, 0.4) is 0 Å². The van der Waals surface area contributed by atoms with E-state index in [4.69, 9.17) is 9.47 Å². The van der Waals surface area contributed by atoms with Gasteiger partial charge in [0.1, 0.15) is 11.1 Å². The third kappa shape index (κ3) is 5.35. The van der Waals surface area contributed by atoms with E-state index in [0.29, 0.717) is 23.3 Å². The first-order valence-corrected chi connectivity index (χ1v) is 11.0. The summed E-state index contributed by atoms with van der Waals surface area (Å²) in [5.74, 6) is -0.846. The molecule has 0 aliphatic carbocycles. The van der Waals surface area contributed by atoms with Gasteiger partial charge in [-0.15, -0.1) is 11.3 Å². The molecule has 2 heterocycles. The van der Waals surface area contributed by atoms with E-state index in [9.17, 15) is 28.0 Å². The second kappa shape index (κ2) is 10.1. The molecule has 1 aromatic carbocycles. The minimum absolute atomic E-state index is 0.0928. The molecule has 0 spiro atoms. The molecular formula is C22H15F3N2O4S2. The number of carbonyl (C=O) groups is 2. The van der Waals surface area contributed by atoms with Crippen LogP contribution in [0.25, 0.3) is 0 Å². The predicted octanol–water partition coefficient (Wildman–Crippen LogP) is 5.26. The number of nitrogens with zero attached hydrogens (tertiary/aromatic N) is 2. The van der Waals surface area contributed by atoms with Gasteiger partial charge in [0.2, 0.25) is 5.78 Å². The highest BCUT2D eigenvalue weighted by Crippen LogP contribution is 2.36. The summed E-state index contributed by atoms with van der Waals surface area (Å²) in [6.07, 6.45) is -4.93. The number of ether oxygens (including phenoxy) is 2. The molecule has 0 N–H and O–H groups in total. The fraction of sp³-hybridized carbons (Fsp3) is 0.182. The second-order valence-electron chi connectivity index (χ2n) is 6.43. The Morgan fingerprint density at radius 3 is 2.45 bits per heavy atom. The molecule has 0 saturated carbocycles. The number of alkyl halides is 3. The number of hydrogen-bond donors (Lipinski definition) is 0. The summed E-state index contributed by atoms with van der Waals surface area (Å²) in [7, 11) is 2.84. The zero-order valence-electron chi connectivity index (χ0n) is 17.2. The van der Waals surface area contributed by atoms with Gasteiger partial charge >= 0.3 is 6.18 Å². The molecule has 0 fully saturated rings. The monoisotopic (exact) mass is 492 g/mol. The summed E-state index contributed by atoms with van der Waals surface area (Å²) in [6, 6.07) is 10.0. The molecule has 0 amide bonds. The van der Waals surface area contributed by atoms with Crippen molar-refractivity contribution >= 4 is 34.7 Å². The Balaban J connectivity index is 1.93. The molecule has 0 radical (unpaired) electrons. The van der Waals surface area contributed by atoms with Crippen molar-refractivity contribution in [1.29, 1.82) is 5.26 Å². The molecular weight excluding hydrogens is 477 g/mol. The fourth-order valence-corrected chi connectivity index (χ4v) is 4.37. The lowest BCUT2D eigenvalue weighted by atomic mass is 10.1. The average molecular weight is 493 g/mol. The zero-order valence-corrected chi connectivity index (χ0v) is 18.9. The first-order chi connectivity index (χ1) is 15.7. The molecule has 0 aliphatic heterocycles. The fourth-order valence-electron chi connectivity index (χ4n) is 2.84. The Hall–Kier alpha value is -3.36. The molecule has 2 aromatic heterocycles. The SMILES string of the molecule is COc1ccc(C(=O)CSc2nc(C(F)(F)F)c(C(=O)c3cccs3)cc2C#N)cc1OC. The maximum atomic E-state index is 13.7. The van der Waals surface area contributed by atoms with E-state index < -0.39 is 29.0 Å². The van der Waals surface area contributed by atoms with Crippen molar-refractivity contribution < 1.29 is 32.2 Å². The highest BCUT2D eigenvalue weighted by molar-refractivity contribution is 8.00. The zero-order chi connectivity index (χ0) is 24.2. The van der Waals surface area contributed by atoms with Gasteiger partial charge in [-0.1, -0.05) is 17.8 Å². The molecule has 3 aromatic rings. The maximum absolute atomic E-state index is 13.7. The van der Waals surface area contributed by atoms with Crippen molar-refractivity contribution in [2.75, 3.05) is 20.0 Å². The Morgan fingerprint density at radius 1 is 1.15 bits per heavy atom. The number of halogens is 3. The molecule has 33 heavy (non-hydrogen) atoms. The summed E-state index contributed by atoms with van der Waals surface area (Å²) in [5, 5.41) is 10.7. The molecule has 0 bridgehead atoms. The number of nitriles is 1. The van der Waals surface area contributed by atoms with Crippen molar-refractivity contribution in [2.24, 2.45) is 0 Å². The van der Waals surface area contributed by atoms with Crippen LogP contribution in [-0.2, 0) is 6.18 Å². The first kappa shape index (κ1) is 24.3. The van der Waals surface area contributed by atoms with Gasteiger partial charge in [0, 0.05) is 5.56 Å². The highest BCUT2D eigenvalue weighted by Gasteiger charge is 2.39. The van der Waals surface area contributed by atoms with E-state index in [-0.39, 0.29) is 26.8 Å². The topological polar surface area (TPSA) is 89.3 Å². The molecule has 6 nitrogen and oxygen atoms in total. The minimum Gasteiger partial charge on any atom is -0.493 e. The average Bonchev–Trinajstić information content (AvgIpc) is 3.35. The Morgan fingerprint density at radius 2 is 1.88 bits per heavy atom. The van der Waals surface area contributed by atoms with E-state index in [2.05, 4.69) is 4.98 Å². The molecule has 0 saturated heterocycles.